The van der Waals surface area contributed by atoms with E-state index in [9.17, 15) is 14.4 Å². The van der Waals surface area contributed by atoms with Crippen molar-refractivity contribution in [1.82, 2.24) is 16.0 Å². The van der Waals surface area contributed by atoms with Crippen LogP contribution in [0.5, 0.6) is 0 Å². The van der Waals surface area contributed by atoms with Crippen LogP contribution in [0.4, 0.5) is 4.79 Å². The first-order valence-corrected chi connectivity index (χ1v) is 10.7. The number of nitrogens with one attached hydrogen (secondary N) is 3. The van der Waals surface area contributed by atoms with E-state index >= 15 is 0 Å². The molecule has 0 radical (unpaired) electrons. The molecule has 1 aliphatic heterocycles. The van der Waals surface area contributed by atoms with Crippen LogP contribution in [0.3, 0.4) is 0 Å². The number of ketones is 2. The van der Waals surface area contributed by atoms with Crippen molar-refractivity contribution in [1.29, 1.82) is 0 Å². The first-order valence-electron chi connectivity index (χ1n) is 10.7. The molecule has 0 saturated carbocycles. The molecule has 0 bridgehead atoms. The Kier molecular flexibility index (Phi) is 10.00. The van der Waals surface area contributed by atoms with Crippen molar-refractivity contribution in [2.24, 2.45) is 5.92 Å². The van der Waals surface area contributed by atoms with Crippen molar-refractivity contribution in [2.75, 3.05) is 19.7 Å². The third-order valence-corrected chi connectivity index (χ3v) is 5.29. The maximum Gasteiger partial charge on any atom is 0.407 e. The summed E-state index contributed by atoms with van der Waals surface area (Å²) >= 11 is 0. The predicted molar refractivity (Wildman–Crippen MR) is 115 cm³/mol. The zero-order valence-electron chi connectivity index (χ0n) is 18.9. The molecule has 0 aliphatic carbocycles. The minimum Gasteiger partial charge on any atom is -0.445 e. The van der Waals surface area contributed by atoms with Crippen LogP contribution in [-0.2, 0) is 14.3 Å². The molecule has 0 spiro atoms. The highest BCUT2D eigenvalue weighted by molar-refractivity contribution is 5.93. The minimum absolute atomic E-state index is 0.0407. The fourth-order valence-electron chi connectivity index (χ4n) is 3.62. The lowest BCUT2D eigenvalue weighted by Gasteiger charge is -2.35. The van der Waals surface area contributed by atoms with Crippen molar-refractivity contribution in [2.45, 2.75) is 84.3 Å². The van der Waals surface area contributed by atoms with Crippen molar-refractivity contribution < 1.29 is 19.1 Å². The lowest BCUT2D eigenvalue weighted by molar-refractivity contribution is -0.129. The molecule has 166 valence electrons. The zero-order chi connectivity index (χ0) is 22.1. The highest BCUT2D eigenvalue weighted by Crippen LogP contribution is 2.21. The van der Waals surface area contributed by atoms with Gasteiger partial charge in [-0.2, -0.15) is 0 Å². The van der Waals surface area contributed by atoms with Gasteiger partial charge in [0.05, 0.1) is 17.6 Å². The Balaban J connectivity index is 3.07. The van der Waals surface area contributed by atoms with Crippen molar-refractivity contribution in [3.05, 3.63) is 12.2 Å². The number of Topliss-reactive ketones (excluding diaryl/α,β-unsaturated/α-hetero) is 2. The lowest BCUT2D eigenvalue weighted by atomic mass is 9.83. The number of allylic oxidation sites excluding steroid dienone is 1. The summed E-state index contributed by atoms with van der Waals surface area (Å²) < 4.78 is 5.13. The third kappa shape index (κ3) is 8.26. The van der Waals surface area contributed by atoms with Gasteiger partial charge in [0.2, 0.25) is 0 Å². The van der Waals surface area contributed by atoms with Crippen LogP contribution in [0.15, 0.2) is 12.2 Å². The number of cyclic esters (lactones) is 1. The summed E-state index contributed by atoms with van der Waals surface area (Å²) in [4.78, 5) is 37.9. The Hall–Kier alpha value is -1.73. The highest BCUT2D eigenvalue weighted by atomic mass is 16.5. The van der Waals surface area contributed by atoms with Gasteiger partial charge in [0, 0.05) is 18.5 Å². The van der Waals surface area contributed by atoms with E-state index in [0.29, 0.717) is 6.42 Å². The molecule has 29 heavy (non-hydrogen) atoms. The Morgan fingerprint density at radius 3 is 2.45 bits per heavy atom. The normalized spacial score (nSPS) is 28.3. The van der Waals surface area contributed by atoms with E-state index in [4.69, 9.17) is 4.74 Å². The van der Waals surface area contributed by atoms with Crippen LogP contribution in [0, 0.1) is 5.92 Å². The number of alkyl carbamates (subject to hydrolysis) is 1. The second kappa shape index (κ2) is 11.5. The second-order valence-electron chi connectivity index (χ2n) is 8.93. The molecule has 0 saturated heterocycles. The van der Waals surface area contributed by atoms with E-state index in [1.54, 1.807) is 6.92 Å². The van der Waals surface area contributed by atoms with Crippen LogP contribution in [-0.4, -0.2) is 54.5 Å². The first-order chi connectivity index (χ1) is 13.5. The number of carbonyl (C=O) groups is 3. The van der Waals surface area contributed by atoms with Gasteiger partial charge in [-0.25, -0.2) is 4.79 Å². The molecule has 0 fully saturated rings. The fourth-order valence-corrected chi connectivity index (χ4v) is 3.62. The summed E-state index contributed by atoms with van der Waals surface area (Å²) in [6, 6.07) is 0.0407. The smallest absolute Gasteiger partial charge is 0.407 e. The molecule has 2 atom stereocenters. The molecule has 3 N–H and O–H groups in total. The largest absolute Gasteiger partial charge is 0.445 e. The molecule has 0 aromatic carbocycles. The number of hydrogen-bond donors (Lipinski definition) is 3. The van der Waals surface area contributed by atoms with Crippen molar-refractivity contribution in [3.63, 3.8) is 0 Å². The number of rotatable bonds is 4. The van der Waals surface area contributed by atoms with Gasteiger partial charge in [-0.3, -0.25) is 14.9 Å². The van der Waals surface area contributed by atoms with Crippen LogP contribution < -0.4 is 16.0 Å². The molecule has 1 heterocycles. The summed E-state index contributed by atoms with van der Waals surface area (Å²) in [7, 11) is 0. The predicted octanol–water partition coefficient (Wildman–Crippen LogP) is 2.74. The van der Waals surface area contributed by atoms with Gasteiger partial charge in [0.1, 0.15) is 6.61 Å². The monoisotopic (exact) mass is 409 g/mol. The lowest BCUT2D eigenvalue weighted by Crippen LogP contribution is -2.63. The summed E-state index contributed by atoms with van der Waals surface area (Å²) in [5, 5.41) is 9.18. The Morgan fingerprint density at radius 1 is 1.14 bits per heavy atom. The summed E-state index contributed by atoms with van der Waals surface area (Å²) in [6.07, 6.45) is 6.56. The van der Waals surface area contributed by atoms with E-state index in [-0.39, 0.29) is 43.2 Å². The van der Waals surface area contributed by atoms with Crippen LogP contribution in [0.2, 0.25) is 0 Å². The molecule has 1 rings (SSSR count). The molecule has 7 heteroatoms. The van der Waals surface area contributed by atoms with Crippen molar-refractivity contribution in [3.8, 4) is 0 Å². The molecule has 0 aromatic heterocycles. The molecule has 2 unspecified atom stereocenters. The van der Waals surface area contributed by atoms with Gasteiger partial charge in [0.15, 0.2) is 11.6 Å². The standard InChI is InChI=1S/C22H39N3O4/c1-16(2)19(27)21(5)12-10-8-7-9-11-13-29-20(28)23-15-22(6,25-17(3)4)18(26)14-24-21/h9,11,16-17,24-25H,7-8,10,12-15H2,1-6H3,(H,23,28). The van der Waals surface area contributed by atoms with Gasteiger partial charge in [-0.05, 0) is 47.0 Å². The summed E-state index contributed by atoms with van der Waals surface area (Å²) in [5.41, 5.74) is -1.73. The fraction of sp³-hybridized carbons (Fsp3) is 0.773. The molecule has 1 amide bonds. The molecular weight excluding hydrogens is 370 g/mol. The van der Waals surface area contributed by atoms with Gasteiger partial charge in [-0.1, -0.05) is 32.4 Å². The zero-order valence-corrected chi connectivity index (χ0v) is 18.9. The third-order valence-electron chi connectivity index (χ3n) is 5.29. The molecule has 7 nitrogen and oxygen atoms in total. The average molecular weight is 410 g/mol. The Morgan fingerprint density at radius 2 is 1.83 bits per heavy atom. The summed E-state index contributed by atoms with van der Waals surface area (Å²) in [6.45, 7) is 11.7. The van der Waals surface area contributed by atoms with E-state index < -0.39 is 17.2 Å². The van der Waals surface area contributed by atoms with E-state index in [1.165, 1.54) is 0 Å². The Bertz CT molecular complexity index is 603. The maximum atomic E-state index is 13.1. The van der Waals surface area contributed by atoms with E-state index in [2.05, 4.69) is 16.0 Å². The van der Waals surface area contributed by atoms with Crippen LogP contribution in [0.25, 0.3) is 0 Å². The van der Waals surface area contributed by atoms with Crippen molar-refractivity contribution >= 4 is 17.7 Å². The first kappa shape index (κ1) is 25.3. The van der Waals surface area contributed by atoms with Gasteiger partial charge in [0.25, 0.3) is 0 Å². The number of hydrogen-bond acceptors (Lipinski definition) is 6. The van der Waals surface area contributed by atoms with E-state index in [0.717, 1.165) is 19.3 Å². The van der Waals surface area contributed by atoms with Gasteiger partial charge in [-0.15, -0.1) is 0 Å². The maximum absolute atomic E-state index is 13.1. The summed E-state index contributed by atoms with van der Waals surface area (Å²) in [5.74, 6) is -0.117. The topological polar surface area (TPSA) is 96.5 Å². The van der Waals surface area contributed by atoms with Crippen LogP contribution in [0.1, 0.15) is 67.2 Å². The average Bonchev–Trinajstić information content (AvgIpc) is 2.64. The molecule has 0 aromatic rings. The number of ether oxygens (including phenoxy) is 1. The van der Waals surface area contributed by atoms with E-state index in [1.807, 2.05) is 46.8 Å². The van der Waals surface area contributed by atoms with Crippen LogP contribution >= 0.6 is 0 Å². The second-order valence-corrected chi connectivity index (χ2v) is 8.93. The van der Waals surface area contributed by atoms with Gasteiger partial charge < -0.3 is 15.4 Å². The minimum atomic E-state index is -0.977. The molecule has 1 aliphatic rings. The highest BCUT2D eigenvalue weighted by Gasteiger charge is 2.38. The quantitative estimate of drug-likeness (QED) is 0.618. The van der Waals surface area contributed by atoms with Gasteiger partial charge >= 0.3 is 6.09 Å². The Labute approximate surface area is 175 Å². The number of amides is 1. The number of carbonyl (C=O) groups excluding carboxylic acids is 3. The molecular formula is C22H39N3O4. The SMILES string of the molecule is CC(C)NC1(C)CNC(=O)OCC=CCCCCC(C)(C(=O)C(C)C)NCC1=O.